The van der Waals surface area contributed by atoms with Crippen LogP contribution in [0.3, 0.4) is 0 Å². The Morgan fingerprint density at radius 3 is 2.79 bits per heavy atom. The maximum atomic E-state index is 10.9. The van der Waals surface area contributed by atoms with Gasteiger partial charge in [0.25, 0.3) is 0 Å². The molecule has 3 aliphatic carbocycles. The predicted molar refractivity (Wildman–Crippen MR) is 52.4 cm³/mol. The lowest BCUT2D eigenvalue weighted by atomic mass is 9.84. The summed E-state index contributed by atoms with van der Waals surface area (Å²) in [5.74, 6) is 2.36. The molecule has 0 aliphatic heterocycles. The zero-order chi connectivity index (χ0) is 9.71. The second-order valence-electron chi connectivity index (χ2n) is 4.56. The number of carbonyl (C=O) groups is 1. The minimum absolute atomic E-state index is 0.0393. The predicted octanol–water partition coefficient (Wildman–Crippen LogP) is 1.93. The molecule has 0 aromatic heterocycles. The Bertz CT molecular complexity index is 329. The summed E-state index contributed by atoms with van der Waals surface area (Å²) in [5.41, 5.74) is 0. The van der Waals surface area contributed by atoms with E-state index in [0.717, 1.165) is 0 Å². The van der Waals surface area contributed by atoms with Crippen molar-refractivity contribution in [2.24, 2.45) is 23.7 Å². The molecule has 0 aromatic carbocycles. The van der Waals surface area contributed by atoms with E-state index in [0.29, 0.717) is 23.7 Å². The summed E-state index contributed by atoms with van der Waals surface area (Å²) in [6, 6.07) is 0. The molecule has 3 aliphatic rings. The fraction of sp³-hybridized carbons (Fsp3) is 0.583. The van der Waals surface area contributed by atoms with Crippen LogP contribution in [0.25, 0.3) is 0 Å². The summed E-state index contributed by atoms with van der Waals surface area (Å²) >= 11 is 0. The number of hydrogen-bond donors (Lipinski definition) is 0. The van der Waals surface area contributed by atoms with Gasteiger partial charge in [-0.25, -0.2) is 0 Å². The van der Waals surface area contributed by atoms with Gasteiger partial charge in [0.2, 0.25) is 0 Å². The van der Waals surface area contributed by atoms with Crippen molar-refractivity contribution in [3.63, 3.8) is 0 Å². The standard InChI is InChI=1S/C12H14O2/c1-7(13)14-11-5-4-10-8-2-3-9(6-8)12(10)11/h2-5,8-12H,6H2,1H3/t8-,9+,10-,11-,12+/m0/s1. The number of ether oxygens (including phenoxy) is 1. The number of rotatable bonds is 1. The molecule has 3 rings (SSSR count). The Morgan fingerprint density at radius 1 is 1.21 bits per heavy atom. The van der Waals surface area contributed by atoms with E-state index in [1.54, 1.807) is 0 Å². The first kappa shape index (κ1) is 8.27. The molecule has 0 aromatic rings. The number of carbonyl (C=O) groups excluding carboxylic acids is 1. The molecule has 2 heteroatoms. The topological polar surface area (TPSA) is 26.3 Å². The summed E-state index contributed by atoms with van der Waals surface area (Å²) in [4.78, 5) is 10.9. The van der Waals surface area contributed by atoms with Gasteiger partial charge in [-0.05, 0) is 30.3 Å². The molecular formula is C12H14O2. The Kier molecular flexibility index (Phi) is 1.61. The molecule has 1 fully saturated rings. The highest BCUT2D eigenvalue weighted by Crippen LogP contribution is 2.53. The van der Waals surface area contributed by atoms with E-state index in [2.05, 4.69) is 24.3 Å². The van der Waals surface area contributed by atoms with Crippen molar-refractivity contribution in [2.75, 3.05) is 0 Å². The first-order chi connectivity index (χ1) is 6.75. The van der Waals surface area contributed by atoms with Gasteiger partial charge in [0, 0.05) is 12.8 Å². The van der Waals surface area contributed by atoms with Crippen LogP contribution in [0.4, 0.5) is 0 Å². The summed E-state index contributed by atoms with van der Waals surface area (Å²) in [7, 11) is 0. The van der Waals surface area contributed by atoms with Crippen molar-refractivity contribution >= 4 is 5.97 Å². The van der Waals surface area contributed by atoms with Crippen LogP contribution >= 0.6 is 0 Å². The zero-order valence-electron chi connectivity index (χ0n) is 8.22. The number of hydrogen-bond acceptors (Lipinski definition) is 2. The Balaban J connectivity index is 1.82. The van der Waals surface area contributed by atoms with Gasteiger partial charge < -0.3 is 4.74 Å². The number of fused-ring (bicyclic) bond motifs is 5. The molecule has 0 N–H and O–H groups in total. The molecule has 0 amide bonds. The molecule has 5 atom stereocenters. The van der Waals surface area contributed by atoms with Crippen LogP contribution < -0.4 is 0 Å². The molecule has 1 saturated carbocycles. The molecule has 0 heterocycles. The number of esters is 1. The van der Waals surface area contributed by atoms with Gasteiger partial charge in [-0.1, -0.05) is 18.2 Å². The Hall–Kier alpha value is -1.05. The Morgan fingerprint density at radius 2 is 2.00 bits per heavy atom. The first-order valence-electron chi connectivity index (χ1n) is 5.29. The lowest BCUT2D eigenvalue weighted by molar-refractivity contribution is -0.146. The van der Waals surface area contributed by atoms with E-state index in [4.69, 9.17) is 4.74 Å². The van der Waals surface area contributed by atoms with Crippen LogP contribution in [0.1, 0.15) is 13.3 Å². The van der Waals surface area contributed by atoms with E-state index >= 15 is 0 Å². The maximum absolute atomic E-state index is 10.9. The number of allylic oxidation sites excluding steroid dienone is 3. The van der Waals surface area contributed by atoms with Crippen LogP contribution in [0.2, 0.25) is 0 Å². The van der Waals surface area contributed by atoms with Gasteiger partial charge in [0.1, 0.15) is 6.10 Å². The molecule has 0 saturated heterocycles. The zero-order valence-corrected chi connectivity index (χ0v) is 8.22. The molecule has 0 radical (unpaired) electrons. The van der Waals surface area contributed by atoms with Gasteiger partial charge in [0.15, 0.2) is 0 Å². The minimum atomic E-state index is -0.160. The summed E-state index contributed by atoms with van der Waals surface area (Å²) in [5, 5.41) is 0. The van der Waals surface area contributed by atoms with Crippen molar-refractivity contribution in [3.05, 3.63) is 24.3 Å². The van der Waals surface area contributed by atoms with E-state index in [-0.39, 0.29) is 12.1 Å². The minimum Gasteiger partial charge on any atom is -0.458 e. The third kappa shape index (κ3) is 0.999. The first-order valence-corrected chi connectivity index (χ1v) is 5.29. The highest BCUT2D eigenvalue weighted by atomic mass is 16.5. The third-order valence-corrected chi connectivity index (χ3v) is 3.79. The van der Waals surface area contributed by atoms with E-state index in [1.807, 2.05) is 0 Å². The maximum Gasteiger partial charge on any atom is 0.303 e. The molecule has 74 valence electrons. The van der Waals surface area contributed by atoms with Gasteiger partial charge in [-0.3, -0.25) is 4.79 Å². The quantitative estimate of drug-likeness (QED) is 0.466. The lowest BCUT2D eigenvalue weighted by Crippen LogP contribution is -2.27. The normalized spacial score (nSPS) is 47.1. The fourth-order valence-electron chi connectivity index (χ4n) is 3.31. The molecular weight excluding hydrogens is 176 g/mol. The van der Waals surface area contributed by atoms with Gasteiger partial charge >= 0.3 is 5.97 Å². The van der Waals surface area contributed by atoms with Crippen LogP contribution in [0.15, 0.2) is 24.3 Å². The van der Waals surface area contributed by atoms with Crippen molar-refractivity contribution in [1.29, 1.82) is 0 Å². The largest absolute Gasteiger partial charge is 0.458 e. The van der Waals surface area contributed by atoms with Crippen molar-refractivity contribution < 1.29 is 9.53 Å². The van der Waals surface area contributed by atoms with Crippen LogP contribution in [-0.2, 0) is 9.53 Å². The van der Waals surface area contributed by atoms with Gasteiger partial charge in [-0.2, -0.15) is 0 Å². The van der Waals surface area contributed by atoms with Crippen molar-refractivity contribution in [2.45, 2.75) is 19.4 Å². The van der Waals surface area contributed by atoms with Crippen LogP contribution in [0.5, 0.6) is 0 Å². The molecule has 0 unspecified atom stereocenters. The summed E-state index contributed by atoms with van der Waals surface area (Å²) in [6.45, 7) is 1.49. The SMILES string of the molecule is CC(=O)O[C@H]1C=C[C@@H]2[C@H]1[C@@H]1C=C[C@H]2C1. The van der Waals surface area contributed by atoms with Crippen molar-refractivity contribution in [1.82, 2.24) is 0 Å². The average Bonchev–Trinajstić information content (AvgIpc) is 2.74. The van der Waals surface area contributed by atoms with Gasteiger partial charge in [0.05, 0.1) is 0 Å². The smallest absolute Gasteiger partial charge is 0.303 e. The molecule has 2 nitrogen and oxygen atoms in total. The Labute approximate surface area is 83.6 Å². The van der Waals surface area contributed by atoms with E-state index < -0.39 is 0 Å². The van der Waals surface area contributed by atoms with E-state index in [1.165, 1.54) is 13.3 Å². The van der Waals surface area contributed by atoms with Crippen LogP contribution in [-0.4, -0.2) is 12.1 Å². The molecule has 14 heavy (non-hydrogen) atoms. The van der Waals surface area contributed by atoms with Gasteiger partial charge in [-0.15, -0.1) is 0 Å². The second kappa shape index (κ2) is 2.72. The fourth-order valence-corrected chi connectivity index (χ4v) is 3.31. The highest BCUT2D eigenvalue weighted by Gasteiger charge is 2.49. The monoisotopic (exact) mass is 190 g/mol. The van der Waals surface area contributed by atoms with E-state index in [9.17, 15) is 4.79 Å². The summed E-state index contributed by atoms with van der Waals surface area (Å²) in [6.07, 6.45) is 10.2. The molecule has 2 bridgehead atoms. The summed E-state index contributed by atoms with van der Waals surface area (Å²) < 4.78 is 5.32. The second-order valence-corrected chi connectivity index (χ2v) is 4.56. The molecule has 0 spiro atoms. The highest BCUT2D eigenvalue weighted by molar-refractivity contribution is 5.66. The van der Waals surface area contributed by atoms with Crippen molar-refractivity contribution in [3.8, 4) is 0 Å². The average molecular weight is 190 g/mol. The van der Waals surface area contributed by atoms with Crippen LogP contribution in [0, 0.1) is 23.7 Å². The third-order valence-electron chi connectivity index (χ3n) is 3.79. The lowest BCUT2D eigenvalue weighted by Gasteiger charge is -2.25.